The number of ether oxygens (including phenoxy) is 2. The number of carbonyl (C=O) groups is 2. The summed E-state index contributed by atoms with van der Waals surface area (Å²) < 4.78 is 52.8. The van der Waals surface area contributed by atoms with Crippen molar-refractivity contribution in [1.29, 1.82) is 5.26 Å². The van der Waals surface area contributed by atoms with Gasteiger partial charge in [-0.15, -0.1) is 0 Å². The van der Waals surface area contributed by atoms with E-state index in [2.05, 4.69) is 10.3 Å². The van der Waals surface area contributed by atoms with E-state index < -0.39 is 35.2 Å². The molecule has 3 aromatic rings. The summed E-state index contributed by atoms with van der Waals surface area (Å²) in [6.45, 7) is 4.65. The number of hydrogen-bond donors (Lipinski definition) is 2. The van der Waals surface area contributed by atoms with Gasteiger partial charge in [0.15, 0.2) is 0 Å². The van der Waals surface area contributed by atoms with Gasteiger partial charge < -0.3 is 19.8 Å². The van der Waals surface area contributed by atoms with Crippen LogP contribution in [0.4, 0.5) is 13.2 Å². The fraction of sp³-hybridized carbons (Fsp3) is 0.200. The van der Waals surface area contributed by atoms with E-state index in [1.807, 2.05) is 6.07 Å². The minimum Gasteiger partial charge on any atom is -0.466 e. The smallest absolute Gasteiger partial charge is 0.416 e. The van der Waals surface area contributed by atoms with Gasteiger partial charge >= 0.3 is 18.1 Å². The molecule has 4 rings (SSSR count). The van der Waals surface area contributed by atoms with Crippen LogP contribution in [0.5, 0.6) is 5.75 Å². The molecular formula is C30H24F3N3O5. The minimum absolute atomic E-state index is 0.0469. The predicted octanol–water partition coefficient (Wildman–Crippen LogP) is 5.25. The number of hydrogen-bond acceptors (Lipinski definition) is 7. The third-order valence-electron chi connectivity index (χ3n) is 6.68. The average Bonchev–Trinajstić information content (AvgIpc) is 2.92. The third kappa shape index (κ3) is 5.63. The van der Waals surface area contributed by atoms with Crippen LogP contribution in [0.15, 0.2) is 81.9 Å². The lowest BCUT2D eigenvalue weighted by atomic mass is 9.78. The maximum absolute atomic E-state index is 14.1. The maximum atomic E-state index is 14.1. The highest BCUT2D eigenvalue weighted by molar-refractivity contribution is 6.00. The van der Waals surface area contributed by atoms with Crippen LogP contribution in [0, 0.1) is 18.3 Å². The second-order valence-corrected chi connectivity index (χ2v) is 9.29. The van der Waals surface area contributed by atoms with Gasteiger partial charge in [-0.05, 0) is 56.2 Å². The molecule has 0 radical (unpaired) electrons. The second-order valence-electron chi connectivity index (χ2n) is 9.29. The van der Waals surface area contributed by atoms with E-state index in [0.29, 0.717) is 16.8 Å². The molecule has 0 bridgehead atoms. The number of methoxy groups -OCH3 is 1. The summed E-state index contributed by atoms with van der Waals surface area (Å²) in [7, 11) is 1.10. The van der Waals surface area contributed by atoms with Crippen LogP contribution in [0.2, 0.25) is 0 Å². The van der Waals surface area contributed by atoms with E-state index >= 15 is 0 Å². The number of aromatic amines is 1. The first kappa shape index (κ1) is 28.9. The van der Waals surface area contributed by atoms with Crippen molar-refractivity contribution < 1.29 is 32.2 Å². The van der Waals surface area contributed by atoms with Crippen molar-refractivity contribution in [2.75, 3.05) is 7.11 Å². The molecule has 0 aliphatic carbocycles. The van der Waals surface area contributed by atoms with Crippen LogP contribution in [0.25, 0.3) is 11.1 Å². The number of pyridine rings is 1. The number of carbonyl (C=O) groups excluding carboxylic acids is 2. The number of dihydropyridines is 1. The van der Waals surface area contributed by atoms with Gasteiger partial charge in [0.05, 0.1) is 29.7 Å². The van der Waals surface area contributed by atoms with Crippen molar-refractivity contribution >= 4 is 11.9 Å². The highest BCUT2D eigenvalue weighted by atomic mass is 19.4. The molecule has 0 amide bonds. The van der Waals surface area contributed by atoms with Gasteiger partial charge in [-0.2, -0.15) is 18.4 Å². The van der Waals surface area contributed by atoms with E-state index in [-0.39, 0.29) is 39.4 Å². The SMILES string of the molecule is COC(=O)C1=C(C)NC(C)=C(C(=O)Oc2cccc(-c3cc(C#N)c(=O)[nH]c3C)c2)C1c1ccccc1C(F)(F)F. The topological polar surface area (TPSA) is 121 Å². The Kier molecular flexibility index (Phi) is 7.87. The second kappa shape index (κ2) is 11.2. The Morgan fingerprint density at radius 3 is 2.24 bits per heavy atom. The molecule has 210 valence electrons. The molecule has 1 aromatic heterocycles. The molecule has 11 heteroatoms. The quantitative estimate of drug-likeness (QED) is 0.321. The molecule has 1 aliphatic rings. The number of esters is 2. The van der Waals surface area contributed by atoms with E-state index in [0.717, 1.165) is 13.2 Å². The molecule has 2 heterocycles. The summed E-state index contributed by atoms with van der Waals surface area (Å²) in [5, 5.41) is 12.1. The Hall–Kier alpha value is -5.11. The van der Waals surface area contributed by atoms with Crippen molar-refractivity contribution in [2.45, 2.75) is 32.9 Å². The summed E-state index contributed by atoms with van der Waals surface area (Å²) in [4.78, 5) is 41.1. The number of aryl methyl sites for hydroxylation is 1. The Bertz CT molecular complexity index is 1730. The largest absolute Gasteiger partial charge is 0.466 e. The van der Waals surface area contributed by atoms with Gasteiger partial charge in [0, 0.05) is 22.7 Å². The van der Waals surface area contributed by atoms with Crippen LogP contribution in [0.1, 0.15) is 42.1 Å². The first-order chi connectivity index (χ1) is 19.4. The summed E-state index contributed by atoms with van der Waals surface area (Å²) in [5.41, 5.74) is -0.407. The standard InChI is InChI=1S/C30H24F3N3O5/c1-15-22(13-19(14-34)27(37)36-15)18-8-7-9-20(12-18)41-29(39)25-17(3)35-16(2)24(28(38)40-4)26(25)21-10-5-6-11-23(21)30(31,32)33/h5-13,26,35H,1-4H3,(H,36,37). The van der Waals surface area contributed by atoms with Gasteiger partial charge in [-0.25, -0.2) is 9.59 Å². The number of nitrogens with zero attached hydrogens (tertiary/aromatic N) is 1. The number of alkyl halides is 3. The lowest BCUT2D eigenvalue weighted by Gasteiger charge is -2.31. The van der Waals surface area contributed by atoms with Gasteiger partial charge in [-0.1, -0.05) is 30.3 Å². The number of halogens is 3. The Balaban J connectivity index is 1.81. The minimum atomic E-state index is -4.77. The monoisotopic (exact) mass is 563 g/mol. The van der Waals surface area contributed by atoms with Crippen LogP contribution in [-0.4, -0.2) is 24.0 Å². The van der Waals surface area contributed by atoms with Crippen LogP contribution in [-0.2, 0) is 20.5 Å². The molecule has 2 N–H and O–H groups in total. The maximum Gasteiger partial charge on any atom is 0.416 e. The number of nitrogens with one attached hydrogen (secondary N) is 2. The van der Waals surface area contributed by atoms with Gasteiger partial charge in [0.25, 0.3) is 5.56 Å². The van der Waals surface area contributed by atoms with Crippen LogP contribution in [0.3, 0.4) is 0 Å². The zero-order valence-corrected chi connectivity index (χ0v) is 22.4. The van der Waals surface area contributed by atoms with Crippen LogP contribution >= 0.6 is 0 Å². The summed E-state index contributed by atoms with van der Waals surface area (Å²) in [6, 6.07) is 14.2. The molecule has 1 aliphatic heterocycles. The summed E-state index contributed by atoms with van der Waals surface area (Å²) >= 11 is 0. The molecule has 2 aromatic carbocycles. The zero-order chi connectivity index (χ0) is 30.1. The molecule has 8 nitrogen and oxygen atoms in total. The number of aromatic nitrogens is 1. The Morgan fingerprint density at radius 2 is 1.61 bits per heavy atom. The van der Waals surface area contributed by atoms with Gasteiger partial charge in [0.2, 0.25) is 0 Å². The first-order valence-electron chi connectivity index (χ1n) is 12.3. The summed E-state index contributed by atoms with van der Waals surface area (Å²) in [5.74, 6) is -3.29. The van der Waals surface area contributed by atoms with Crippen molar-refractivity contribution in [3.63, 3.8) is 0 Å². The van der Waals surface area contributed by atoms with Gasteiger partial charge in [-0.3, -0.25) is 4.79 Å². The highest BCUT2D eigenvalue weighted by Gasteiger charge is 2.43. The van der Waals surface area contributed by atoms with Crippen molar-refractivity contribution in [3.05, 3.63) is 110 Å². The molecule has 0 fully saturated rings. The number of allylic oxidation sites excluding steroid dienone is 2. The lowest BCUT2D eigenvalue weighted by Crippen LogP contribution is -2.34. The predicted molar refractivity (Wildman–Crippen MR) is 142 cm³/mol. The molecule has 1 unspecified atom stereocenters. The van der Waals surface area contributed by atoms with E-state index in [1.54, 1.807) is 19.1 Å². The van der Waals surface area contributed by atoms with Crippen molar-refractivity contribution in [2.24, 2.45) is 0 Å². The Morgan fingerprint density at radius 1 is 0.951 bits per heavy atom. The number of nitriles is 1. The fourth-order valence-corrected chi connectivity index (χ4v) is 4.86. The van der Waals surface area contributed by atoms with E-state index in [4.69, 9.17) is 9.47 Å². The van der Waals surface area contributed by atoms with E-state index in [9.17, 15) is 32.8 Å². The van der Waals surface area contributed by atoms with E-state index in [1.165, 1.54) is 50.2 Å². The average molecular weight is 564 g/mol. The fourth-order valence-electron chi connectivity index (χ4n) is 4.86. The number of rotatable bonds is 5. The molecule has 1 atom stereocenters. The highest BCUT2D eigenvalue weighted by Crippen LogP contribution is 2.44. The summed E-state index contributed by atoms with van der Waals surface area (Å²) in [6.07, 6.45) is -4.77. The first-order valence-corrected chi connectivity index (χ1v) is 12.3. The molecule has 0 saturated heterocycles. The number of H-pyrrole nitrogens is 1. The normalized spacial score (nSPS) is 15.2. The lowest BCUT2D eigenvalue weighted by molar-refractivity contribution is -0.140. The van der Waals surface area contributed by atoms with Crippen molar-refractivity contribution in [3.8, 4) is 22.9 Å². The third-order valence-corrected chi connectivity index (χ3v) is 6.68. The van der Waals surface area contributed by atoms with Crippen molar-refractivity contribution in [1.82, 2.24) is 10.3 Å². The number of benzene rings is 2. The van der Waals surface area contributed by atoms with Crippen LogP contribution < -0.4 is 15.6 Å². The molecule has 0 saturated carbocycles. The Labute approximate surface area is 232 Å². The van der Waals surface area contributed by atoms with Gasteiger partial charge in [0.1, 0.15) is 17.4 Å². The molecule has 41 heavy (non-hydrogen) atoms. The molecule has 0 spiro atoms. The zero-order valence-electron chi connectivity index (χ0n) is 22.4. The molecular weight excluding hydrogens is 539 g/mol.